The molecule has 3 rings (SSSR count). The van der Waals surface area contributed by atoms with E-state index in [9.17, 15) is 0 Å². The highest BCUT2D eigenvalue weighted by atomic mass is 15.1. The number of fused-ring (bicyclic) bond motifs is 1. The number of imidazole rings is 1. The number of hydrogen-bond acceptors (Lipinski definition) is 3. The second-order valence-corrected chi connectivity index (χ2v) is 4.80. The summed E-state index contributed by atoms with van der Waals surface area (Å²) in [6.45, 7) is 1.49. The standard InChI is InChI=1S/C16H18N4/c17-10-8-15-19-14-7-4-11-18-16(14)20(15)12-9-13-5-2-1-3-6-13/h1-7,11H,8-10,12,17H2. The SMILES string of the molecule is NCCc1nc2cccnc2n1CCc1ccccc1. The van der Waals surface area contributed by atoms with Crippen LogP contribution in [0.4, 0.5) is 0 Å². The Morgan fingerprint density at radius 3 is 2.65 bits per heavy atom. The minimum Gasteiger partial charge on any atom is -0.330 e. The van der Waals surface area contributed by atoms with Gasteiger partial charge in [-0.15, -0.1) is 0 Å². The van der Waals surface area contributed by atoms with E-state index in [1.165, 1.54) is 5.56 Å². The summed E-state index contributed by atoms with van der Waals surface area (Å²) in [5.41, 5.74) is 8.91. The second-order valence-electron chi connectivity index (χ2n) is 4.80. The average molecular weight is 266 g/mol. The summed E-state index contributed by atoms with van der Waals surface area (Å²) in [7, 11) is 0. The lowest BCUT2D eigenvalue weighted by Gasteiger charge is -2.08. The van der Waals surface area contributed by atoms with Crippen LogP contribution in [0, 0.1) is 0 Å². The Labute approximate surface area is 118 Å². The number of benzene rings is 1. The molecule has 0 aliphatic carbocycles. The smallest absolute Gasteiger partial charge is 0.159 e. The van der Waals surface area contributed by atoms with Gasteiger partial charge < -0.3 is 10.3 Å². The second kappa shape index (κ2) is 5.84. The van der Waals surface area contributed by atoms with Crippen molar-refractivity contribution in [3.05, 3.63) is 60.0 Å². The van der Waals surface area contributed by atoms with E-state index in [-0.39, 0.29) is 0 Å². The lowest BCUT2D eigenvalue weighted by Crippen LogP contribution is -2.11. The van der Waals surface area contributed by atoms with Gasteiger partial charge in [-0.1, -0.05) is 30.3 Å². The number of rotatable bonds is 5. The van der Waals surface area contributed by atoms with Gasteiger partial charge in [0.1, 0.15) is 11.3 Å². The highest BCUT2D eigenvalue weighted by Gasteiger charge is 2.10. The third-order valence-corrected chi connectivity index (χ3v) is 3.42. The zero-order valence-corrected chi connectivity index (χ0v) is 11.4. The van der Waals surface area contributed by atoms with Crippen LogP contribution in [0.1, 0.15) is 11.4 Å². The molecule has 0 bridgehead atoms. The van der Waals surface area contributed by atoms with Crippen LogP contribution in [0.2, 0.25) is 0 Å². The summed E-state index contributed by atoms with van der Waals surface area (Å²) in [4.78, 5) is 9.09. The Kier molecular flexibility index (Phi) is 3.74. The van der Waals surface area contributed by atoms with Crippen molar-refractivity contribution in [2.45, 2.75) is 19.4 Å². The summed E-state index contributed by atoms with van der Waals surface area (Å²) in [5, 5.41) is 0. The van der Waals surface area contributed by atoms with Gasteiger partial charge in [0.2, 0.25) is 0 Å². The largest absolute Gasteiger partial charge is 0.330 e. The normalized spacial score (nSPS) is 11.1. The van der Waals surface area contributed by atoms with E-state index in [1.807, 2.05) is 24.4 Å². The summed E-state index contributed by atoms with van der Waals surface area (Å²) in [6.07, 6.45) is 3.57. The Bertz CT molecular complexity index is 688. The summed E-state index contributed by atoms with van der Waals surface area (Å²) < 4.78 is 2.19. The fourth-order valence-electron chi connectivity index (χ4n) is 2.45. The van der Waals surface area contributed by atoms with Crippen LogP contribution in [-0.2, 0) is 19.4 Å². The van der Waals surface area contributed by atoms with Gasteiger partial charge >= 0.3 is 0 Å². The van der Waals surface area contributed by atoms with Crippen LogP contribution in [0.25, 0.3) is 11.2 Å². The van der Waals surface area contributed by atoms with Crippen LogP contribution in [-0.4, -0.2) is 21.1 Å². The highest BCUT2D eigenvalue weighted by Crippen LogP contribution is 2.15. The van der Waals surface area contributed by atoms with Crippen molar-refractivity contribution in [1.29, 1.82) is 0 Å². The molecule has 0 amide bonds. The van der Waals surface area contributed by atoms with E-state index in [4.69, 9.17) is 5.73 Å². The minimum absolute atomic E-state index is 0.606. The van der Waals surface area contributed by atoms with Gasteiger partial charge in [0.25, 0.3) is 0 Å². The molecule has 3 aromatic rings. The van der Waals surface area contributed by atoms with Crippen molar-refractivity contribution in [3.63, 3.8) is 0 Å². The predicted octanol–water partition coefficient (Wildman–Crippen LogP) is 2.18. The maximum Gasteiger partial charge on any atom is 0.159 e. The first kappa shape index (κ1) is 12.8. The Balaban J connectivity index is 1.90. The van der Waals surface area contributed by atoms with Crippen LogP contribution >= 0.6 is 0 Å². The van der Waals surface area contributed by atoms with E-state index in [0.29, 0.717) is 6.54 Å². The first-order valence-electron chi connectivity index (χ1n) is 6.92. The quantitative estimate of drug-likeness (QED) is 0.770. The third-order valence-electron chi connectivity index (χ3n) is 3.42. The number of pyridine rings is 1. The van der Waals surface area contributed by atoms with Crippen molar-refractivity contribution in [1.82, 2.24) is 14.5 Å². The van der Waals surface area contributed by atoms with Crippen molar-refractivity contribution < 1.29 is 0 Å². The van der Waals surface area contributed by atoms with Gasteiger partial charge in [-0.3, -0.25) is 0 Å². The zero-order chi connectivity index (χ0) is 13.8. The molecule has 0 radical (unpaired) electrons. The molecule has 0 unspecified atom stereocenters. The molecule has 4 nitrogen and oxygen atoms in total. The zero-order valence-electron chi connectivity index (χ0n) is 11.4. The molecule has 0 aliphatic rings. The molecule has 102 valence electrons. The van der Waals surface area contributed by atoms with Crippen LogP contribution < -0.4 is 5.73 Å². The molecule has 0 saturated heterocycles. The summed E-state index contributed by atoms with van der Waals surface area (Å²) in [5.74, 6) is 1.03. The molecule has 0 fully saturated rings. The Morgan fingerprint density at radius 1 is 1.00 bits per heavy atom. The fraction of sp³-hybridized carbons (Fsp3) is 0.250. The maximum atomic E-state index is 5.68. The number of aromatic nitrogens is 3. The van der Waals surface area contributed by atoms with Gasteiger partial charge in [-0.2, -0.15) is 0 Å². The predicted molar refractivity (Wildman–Crippen MR) is 80.4 cm³/mol. The Hall–Kier alpha value is -2.20. The summed E-state index contributed by atoms with van der Waals surface area (Å²) in [6, 6.07) is 14.4. The van der Waals surface area contributed by atoms with Gasteiger partial charge in [0, 0.05) is 19.2 Å². The van der Waals surface area contributed by atoms with Crippen molar-refractivity contribution >= 4 is 11.2 Å². The molecule has 4 heteroatoms. The minimum atomic E-state index is 0.606. The molecule has 2 aromatic heterocycles. The van der Waals surface area contributed by atoms with E-state index in [2.05, 4.69) is 38.8 Å². The monoisotopic (exact) mass is 266 g/mol. The molecule has 1 aromatic carbocycles. The molecule has 2 heterocycles. The molecular formula is C16H18N4. The van der Waals surface area contributed by atoms with Crippen molar-refractivity contribution in [3.8, 4) is 0 Å². The molecule has 2 N–H and O–H groups in total. The third kappa shape index (κ3) is 2.56. The molecule has 20 heavy (non-hydrogen) atoms. The van der Waals surface area contributed by atoms with Crippen LogP contribution in [0.5, 0.6) is 0 Å². The molecule has 0 saturated carbocycles. The van der Waals surface area contributed by atoms with Crippen LogP contribution in [0.15, 0.2) is 48.7 Å². The van der Waals surface area contributed by atoms with E-state index in [1.54, 1.807) is 0 Å². The van der Waals surface area contributed by atoms with E-state index < -0.39 is 0 Å². The first-order chi connectivity index (χ1) is 9.88. The number of nitrogens with two attached hydrogens (primary N) is 1. The first-order valence-corrected chi connectivity index (χ1v) is 6.92. The van der Waals surface area contributed by atoms with Gasteiger partial charge in [-0.25, -0.2) is 9.97 Å². The average Bonchev–Trinajstić information content (AvgIpc) is 2.84. The molecular weight excluding hydrogens is 248 g/mol. The number of nitrogens with zero attached hydrogens (tertiary/aromatic N) is 3. The molecule has 0 spiro atoms. The van der Waals surface area contributed by atoms with Gasteiger partial charge in [0.15, 0.2) is 5.65 Å². The topological polar surface area (TPSA) is 56.7 Å². The van der Waals surface area contributed by atoms with Crippen molar-refractivity contribution in [2.24, 2.45) is 5.73 Å². The lowest BCUT2D eigenvalue weighted by atomic mass is 10.1. The van der Waals surface area contributed by atoms with E-state index in [0.717, 1.165) is 36.4 Å². The highest BCUT2D eigenvalue weighted by molar-refractivity contribution is 5.71. The molecule has 0 atom stereocenters. The van der Waals surface area contributed by atoms with Gasteiger partial charge in [-0.05, 0) is 30.7 Å². The fourth-order valence-corrected chi connectivity index (χ4v) is 2.45. The van der Waals surface area contributed by atoms with Crippen LogP contribution in [0.3, 0.4) is 0 Å². The van der Waals surface area contributed by atoms with E-state index >= 15 is 0 Å². The Morgan fingerprint density at radius 2 is 1.85 bits per heavy atom. The van der Waals surface area contributed by atoms with Gasteiger partial charge in [0.05, 0.1) is 0 Å². The maximum absolute atomic E-state index is 5.68. The number of aryl methyl sites for hydroxylation is 2. The number of hydrogen-bond donors (Lipinski definition) is 1. The lowest BCUT2D eigenvalue weighted by molar-refractivity contribution is 0.660. The summed E-state index contributed by atoms with van der Waals surface area (Å²) >= 11 is 0. The van der Waals surface area contributed by atoms with Crippen molar-refractivity contribution in [2.75, 3.05) is 6.54 Å². The molecule has 0 aliphatic heterocycles.